The van der Waals surface area contributed by atoms with Crippen molar-refractivity contribution < 1.29 is 38.3 Å². The Morgan fingerprint density at radius 2 is 1.28 bits per heavy atom. The molecule has 11 nitrogen and oxygen atoms in total. The van der Waals surface area contributed by atoms with E-state index in [4.69, 9.17) is 4.99 Å². The van der Waals surface area contributed by atoms with Gasteiger partial charge < -0.3 is 29.8 Å². The van der Waals surface area contributed by atoms with Gasteiger partial charge in [0.05, 0.1) is 29.3 Å². The molecule has 0 heterocycles. The maximum Gasteiger partial charge on any atom is 0.327 e. The zero-order valence-corrected chi connectivity index (χ0v) is 28.3. The summed E-state index contributed by atoms with van der Waals surface area (Å²) < 4.78 is 22.9. The van der Waals surface area contributed by atoms with Gasteiger partial charge in [-0.1, -0.05) is 89.0 Å². The van der Waals surface area contributed by atoms with E-state index >= 15 is 0 Å². The first-order valence-corrected chi connectivity index (χ1v) is 19.6. The van der Waals surface area contributed by atoms with Crippen molar-refractivity contribution in [2.75, 3.05) is 36.9 Å². The Labute approximate surface area is 271 Å². The number of benzene rings is 2. The lowest BCUT2D eigenvalue weighted by Gasteiger charge is -2.25. The summed E-state index contributed by atoms with van der Waals surface area (Å²) >= 11 is 0. The number of hydrogen-bond acceptors (Lipinski definition) is 6. The Hall–Kier alpha value is -2.91. The van der Waals surface area contributed by atoms with Crippen molar-refractivity contribution in [3.05, 3.63) is 71.3 Å². The van der Waals surface area contributed by atoms with Crippen LogP contribution in [0.2, 0.25) is 0 Å². The van der Waals surface area contributed by atoms with Crippen LogP contribution >= 0.6 is 15.2 Å². The van der Waals surface area contributed by atoms with Gasteiger partial charge in [0.2, 0.25) is 0 Å². The number of fused-ring (bicyclic) bond motifs is 1. The SMILES string of the molecule is CCCCCCCCCCCCNC(=O)C1=CC(=Nc2ccc(N(CCP(=O)(O)O)CCP(=O)(O)O)cc2)c2ccccc2C1=O. The van der Waals surface area contributed by atoms with Crippen LogP contribution in [-0.4, -0.2) is 68.9 Å². The van der Waals surface area contributed by atoms with Crippen molar-refractivity contribution in [2.24, 2.45) is 4.99 Å². The number of rotatable bonds is 20. The molecule has 5 N–H and O–H groups in total. The van der Waals surface area contributed by atoms with Gasteiger partial charge in [-0.2, -0.15) is 0 Å². The van der Waals surface area contributed by atoms with Crippen molar-refractivity contribution in [2.45, 2.75) is 71.1 Å². The number of carbonyl (C=O) groups is 2. The summed E-state index contributed by atoms with van der Waals surface area (Å²) in [5.74, 6) is -0.805. The van der Waals surface area contributed by atoms with Gasteiger partial charge in [-0.05, 0) is 36.8 Å². The number of ketones is 1. The predicted molar refractivity (Wildman–Crippen MR) is 182 cm³/mol. The van der Waals surface area contributed by atoms with E-state index in [0.29, 0.717) is 34.8 Å². The van der Waals surface area contributed by atoms with E-state index in [2.05, 4.69) is 12.2 Å². The van der Waals surface area contributed by atoms with Crippen molar-refractivity contribution in [1.29, 1.82) is 0 Å². The highest BCUT2D eigenvalue weighted by atomic mass is 31.2. The highest BCUT2D eigenvalue weighted by Gasteiger charge is 2.28. The Kier molecular flexibility index (Phi) is 15.0. The molecule has 0 aromatic heterocycles. The molecule has 2 aromatic rings. The Balaban J connectivity index is 1.67. The number of aliphatic imine (C=N–C) groups is 1. The lowest BCUT2D eigenvalue weighted by atomic mass is 9.88. The molecule has 0 saturated heterocycles. The fourth-order valence-corrected chi connectivity index (χ4v) is 6.25. The van der Waals surface area contributed by atoms with Crippen LogP contribution in [0, 0.1) is 0 Å². The van der Waals surface area contributed by atoms with Gasteiger partial charge in [0, 0.05) is 36.4 Å². The molecule has 46 heavy (non-hydrogen) atoms. The first-order valence-electron chi connectivity index (χ1n) is 16.0. The van der Waals surface area contributed by atoms with Gasteiger partial charge in [-0.3, -0.25) is 18.7 Å². The molecule has 0 bridgehead atoms. The maximum absolute atomic E-state index is 13.2. The minimum absolute atomic E-state index is 0.0159. The molecule has 0 fully saturated rings. The van der Waals surface area contributed by atoms with Crippen LogP contribution in [-0.2, 0) is 13.9 Å². The lowest BCUT2D eigenvalue weighted by Crippen LogP contribution is -2.32. The molecular formula is C33H47N3O8P2. The molecule has 0 saturated carbocycles. The lowest BCUT2D eigenvalue weighted by molar-refractivity contribution is -0.117. The largest absolute Gasteiger partial charge is 0.370 e. The van der Waals surface area contributed by atoms with Crippen molar-refractivity contribution in [1.82, 2.24) is 5.32 Å². The van der Waals surface area contributed by atoms with E-state index in [1.165, 1.54) is 55.9 Å². The molecule has 3 rings (SSSR count). The standard InChI is InChI=1S/C33H47N3O8P2/c1-2-3-4-5-6-7-8-9-10-13-20-34-33(38)30-25-31(28-14-11-12-15-29(28)32(30)37)35-26-16-18-27(19-17-26)36(21-23-45(39,40)41)22-24-46(42,43)44/h11-12,14-19,25H,2-10,13,20-24H2,1H3,(H,34,38)(H2,39,40,41)(H2,42,43,44). The van der Waals surface area contributed by atoms with Gasteiger partial charge in [0.15, 0.2) is 5.78 Å². The normalized spacial score (nSPS) is 14.2. The highest BCUT2D eigenvalue weighted by Crippen LogP contribution is 2.37. The number of unbranched alkanes of at least 4 members (excludes halogenated alkanes) is 9. The molecular weight excluding hydrogens is 628 g/mol. The quantitative estimate of drug-likeness (QED) is 0.0628. The molecule has 1 aliphatic carbocycles. The molecule has 2 aromatic carbocycles. The fraction of sp³-hybridized carbons (Fsp3) is 0.485. The Morgan fingerprint density at radius 1 is 0.761 bits per heavy atom. The maximum atomic E-state index is 13.2. The average molecular weight is 676 g/mol. The van der Waals surface area contributed by atoms with E-state index in [1.807, 2.05) is 0 Å². The van der Waals surface area contributed by atoms with Gasteiger partial charge in [0.1, 0.15) is 0 Å². The second-order valence-electron chi connectivity index (χ2n) is 11.6. The summed E-state index contributed by atoms with van der Waals surface area (Å²) in [7, 11) is -8.67. The minimum Gasteiger partial charge on any atom is -0.370 e. The summed E-state index contributed by atoms with van der Waals surface area (Å²) in [5, 5.41) is 2.89. The van der Waals surface area contributed by atoms with Crippen molar-refractivity contribution >= 4 is 44.0 Å². The number of hydrogen-bond donors (Lipinski definition) is 5. The number of carbonyl (C=O) groups excluding carboxylic acids is 2. The summed E-state index contributed by atoms with van der Waals surface area (Å²) in [5.41, 5.74) is 2.43. The van der Waals surface area contributed by atoms with Crippen LogP contribution in [0.5, 0.6) is 0 Å². The van der Waals surface area contributed by atoms with E-state index in [1.54, 1.807) is 48.5 Å². The molecule has 0 unspecified atom stereocenters. The van der Waals surface area contributed by atoms with Gasteiger partial charge in [0.25, 0.3) is 5.91 Å². The number of amides is 1. The second-order valence-corrected chi connectivity index (χ2v) is 15.2. The van der Waals surface area contributed by atoms with Crippen LogP contribution in [0.15, 0.2) is 65.2 Å². The number of nitrogens with zero attached hydrogens (tertiary/aromatic N) is 2. The van der Waals surface area contributed by atoms with Crippen LogP contribution < -0.4 is 10.2 Å². The molecule has 252 valence electrons. The van der Waals surface area contributed by atoms with Crippen LogP contribution in [0.25, 0.3) is 0 Å². The van der Waals surface area contributed by atoms with Gasteiger partial charge in [-0.15, -0.1) is 0 Å². The number of nitrogens with one attached hydrogen (secondary N) is 1. The fourth-order valence-electron chi connectivity index (χ4n) is 5.25. The molecule has 0 radical (unpaired) electrons. The molecule has 13 heteroatoms. The summed E-state index contributed by atoms with van der Waals surface area (Å²) in [4.78, 5) is 69.8. The van der Waals surface area contributed by atoms with Crippen LogP contribution in [0.3, 0.4) is 0 Å². The van der Waals surface area contributed by atoms with Crippen molar-refractivity contribution in [3.8, 4) is 0 Å². The molecule has 1 aliphatic rings. The summed E-state index contributed by atoms with van der Waals surface area (Å²) in [6, 6.07) is 13.5. The average Bonchev–Trinajstić information content (AvgIpc) is 3.00. The monoisotopic (exact) mass is 675 g/mol. The molecule has 0 spiro atoms. The number of anilines is 1. The second kappa shape index (κ2) is 18.4. The Morgan fingerprint density at radius 3 is 1.83 bits per heavy atom. The number of allylic oxidation sites excluding steroid dienone is 1. The molecule has 0 atom stereocenters. The Bertz CT molecular complexity index is 1440. The molecule has 0 aliphatic heterocycles. The first-order chi connectivity index (χ1) is 21.9. The minimum atomic E-state index is -4.33. The van der Waals surface area contributed by atoms with E-state index in [9.17, 15) is 38.3 Å². The topological polar surface area (TPSA) is 177 Å². The third-order valence-electron chi connectivity index (χ3n) is 7.82. The summed E-state index contributed by atoms with van der Waals surface area (Å²) in [6.07, 6.45) is 12.4. The smallest absolute Gasteiger partial charge is 0.327 e. The third-order valence-corrected chi connectivity index (χ3v) is 9.39. The van der Waals surface area contributed by atoms with E-state index in [0.717, 1.165) is 19.3 Å². The van der Waals surface area contributed by atoms with E-state index < -0.39 is 33.4 Å². The molecule has 1 amide bonds. The number of Topliss-reactive ketones (excluding diaryl/α,β-unsaturated/α-hetero) is 1. The predicted octanol–water partition coefficient (Wildman–Crippen LogP) is 6.13. The van der Waals surface area contributed by atoms with Crippen LogP contribution in [0.1, 0.15) is 87.1 Å². The zero-order valence-electron chi connectivity index (χ0n) is 26.5. The van der Waals surface area contributed by atoms with E-state index in [-0.39, 0.29) is 24.4 Å². The van der Waals surface area contributed by atoms with Gasteiger partial charge >= 0.3 is 15.2 Å². The highest BCUT2D eigenvalue weighted by molar-refractivity contribution is 7.52. The third kappa shape index (κ3) is 13.1. The summed E-state index contributed by atoms with van der Waals surface area (Å²) in [6.45, 7) is 2.49. The van der Waals surface area contributed by atoms with Crippen molar-refractivity contribution in [3.63, 3.8) is 0 Å². The first kappa shape index (κ1) is 37.5. The zero-order chi connectivity index (χ0) is 33.6. The van der Waals surface area contributed by atoms with Crippen LogP contribution in [0.4, 0.5) is 11.4 Å². The van der Waals surface area contributed by atoms with Gasteiger partial charge in [-0.25, -0.2) is 4.99 Å².